The van der Waals surface area contributed by atoms with Crippen LogP contribution in [0.5, 0.6) is 5.75 Å². The number of nitrogens with one attached hydrogen (secondary N) is 1. The molecule has 0 radical (unpaired) electrons. The minimum absolute atomic E-state index is 0.564. The number of likely N-dealkylation sites (N-methyl/N-ethyl adjacent to an activating group) is 1. The standard InChI is InChI=1S/C14H21NO/c1-11(2)13(10-15-3)9-12-5-7-14(16-4)8-6-12/h5-9,11,15H,10H2,1-4H3. The van der Waals surface area contributed by atoms with Gasteiger partial charge in [0.05, 0.1) is 7.11 Å². The monoisotopic (exact) mass is 219 g/mol. The average molecular weight is 219 g/mol. The summed E-state index contributed by atoms with van der Waals surface area (Å²) < 4.78 is 5.14. The summed E-state index contributed by atoms with van der Waals surface area (Å²) in [6.45, 7) is 5.36. The summed E-state index contributed by atoms with van der Waals surface area (Å²) in [5.41, 5.74) is 2.63. The van der Waals surface area contributed by atoms with Crippen molar-refractivity contribution in [2.75, 3.05) is 20.7 Å². The number of hydrogen-bond acceptors (Lipinski definition) is 2. The topological polar surface area (TPSA) is 21.3 Å². The van der Waals surface area contributed by atoms with Gasteiger partial charge >= 0.3 is 0 Å². The molecule has 88 valence electrons. The Hall–Kier alpha value is -1.28. The Labute approximate surface area is 98.3 Å². The highest BCUT2D eigenvalue weighted by Gasteiger charge is 2.02. The molecule has 0 aromatic heterocycles. The third-order valence-electron chi connectivity index (χ3n) is 2.59. The zero-order valence-corrected chi connectivity index (χ0v) is 10.6. The highest BCUT2D eigenvalue weighted by Crippen LogP contribution is 2.17. The number of hydrogen-bond donors (Lipinski definition) is 1. The number of rotatable bonds is 5. The van der Waals surface area contributed by atoms with Crippen LogP contribution in [-0.2, 0) is 0 Å². The highest BCUT2D eigenvalue weighted by molar-refractivity contribution is 5.54. The molecule has 0 amide bonds. The van der Waals surface area contributed by atoms with Gasteiger partial charge in [-0.1, -0.05) is 37.6 Å². The van der Waals surface area contributed by atoms with Crippen LogP contribution in [0, 0.1) is 5.92 Å². The van der Waals surface area contributed by atoms with Crippen LogP contribution in [0.2, 0.25) is 0 Å². The summed E-state index contributed by atoms with van der Waals surface area (Å²) in [7, 11) is 3.66. The van der Waals surface area contributed by atoms with Gasteiger partial charge in [0.15, 0.2) is 0 Å². The van der Waals surface area contributed by atoms with Crippen molar-refractivity contribution in [3.05, 3.63) is 35.4 Å². The maximum atomic E-state index is 5.14. The number of benzene rings is 1. The second kappa shape index (κ2) is 6.33. The molecule has 1 aromatic rings. The maximum absolute atomic E-state index is 5.14. The number of methoxy groups -OCH3 is 1. The molecule has 0 saturated carbocycles. The number of ether oxygens (including phenoxy) is 1. The van der Waals surface area contributed by atoms with Crippen LogP contribution in [0.4, 0.5) is 0 Å². The minimum atomic E-state index is 0.564. The fourth-order valence-corrected chi connectivity index (χ4v) is 1.54. The lowest BCUT2D eigenvalue weighted by molar-refractivity contribution is 0.415. The van der Waals surface area contributed by atoms with E-state index in [0.717, 1.165) is 12.3 Å². The summed E-state index contributed by atoms with van der Waals surface area (Å²) in [5.74, 6) is 1.46. The molecule has 0 atom stereocenters. The van der Waals surface area contributed by atoms with Crippen LogP contribution in [0.3, 0.4) is 0 Å². The molecule has 2 nitrogen and oxygen atoms in total. The largest absolute Gasteiger partial charge is 0.497 e. The first-order chi connectivity index (χ1) is 7.67. The molecular formula is C14H21NO. The molecule has 0 aliphatic rings. The van der Waals surface area contributed by atoms with Crippen LogP contribution in [0.15, 0.2) is 29.8 Å². The summed E-state index contributed by atoms with van der Waals surface area (Å²) in [4.78, 5) is 0. The highest BCUT2D eigenvalue weighted by atomic mass is 16.5. The molecule has 2 heteroatoms. The van der Waals surface area contributed by atoms with Crippen molar-refractivity contribution in [3.63, 3.8) is 0 Å². The van der Waals surface area contributed by atoms with Crippen LogP contribution in [-0.4, -0.2) is 20.7 Å². The van der Waals surface area contributed by atoms with Crippen LogP contribution in [0.1, 0.15) is 19.4 Å². The lowest BCUT2D eigenvalue weighted by Gasteiger charge is -2.11. The van der Waals surface area contributed by atoms with E-state index in [1.54, 1.807) is 7.11 Å². The minimum Gasteiger partial charge on any atom is -0.497 e. The Morgan fingerprint density at radius 2 is 1.94 bits per heavy atom. The van der Waals surface area contributed by atoms with Crippen molar-refractivity contribution in [3.8, 4) is 5.75 Å². The Bertz CT molecular complexity index is 338. The SMILES string of the molecule is CNCC(=Cc1ccc(OC)cc1)C(C)C. The normalized spacial score (nSPS) is 11.9. The Balaban J connectivity index is 2.85. The molecule has 0 unspecified atom stereocenters. The second-order valence-corrected chi connectivity index (χ2v) is 4.18. The van der Waals surface area contributed by atoms with E-state index in [1.807, 2.05) is 19.2 Å². The van der Waals surface area contributed by atoms with Crippen LogP contribution >= 0.6 is 0 Å². The zero-order chi connectivity index (χ0) is 12.0. The van der Waals surface area contributed by atoms with E-state index < -0.39 is 0 Å². The molecule has 0 bridgehead atoms. The van der Waals surface area contributed by atoms with Crippen molar-refractivity contribution < 1.29 is 4.74 Å². The fourth-order valence-electron chi connectivity index (χ4n) is 1.54. The van der Waals surface area contributed by atoms with Gasteiger partial charge in [0.1, 0.15) is 5.75 Å². The van der Waals surface area contributed by atoms with E-state index >= 15 is 0 Å². The molecule has 0 aliphatic carbocycles. The van der Waals surface area contributed by atoms with E-state index in [4.69, 9.17) is 4.74 Å². The summed E-state index contributed by atoms with van der Waals surface area (Å²) >= 11 is 0. The van der Waals surface area contributed by atoms with Crippen molar-refractivity contribution in [2.45, 2.75) is 13.8 Å². The van der Waals surface area contributed by atoms with Gasteiger partial charge in [-0.25, -0.2) is 0 Å². The quantitative estimate of drug-likeness (QED) is 0.822. The lowest BCUT2D eigenvalue weighted by Crippen LogP contribution is -2.13. The Morgan fingerprint density at radius 3 is 2.38 bits per heavy atom. The van der Waals surface area contributed by atoms with Gasteiger partial charge in [-0.3, -0.25) is 0 Å². The fraction of sp³-hybridized carbons (Fsp3) is 0.429. The van der Waals surface area contributed by atoms with E-state index in [9.17, 15) is 0 Å². The van der Waals surface area contributed by atoms with E-state index in [1.165, 1.54) is 11.1 Å². The van der Waals surface area contributed by atoms with Gasteiger partial charge in [0.25, 0.3) is 0 Å². The Kier molecular flexibility index (Phi) is 5.06. The lowest BCUT2D eigenvalue weighted by atomic mass is 10.0. The van der Waals surface area contributed by atoms with Crippen LogP contribution < -0.4 is 10.1 Å². The van der Waals surface area contributed by atoms with Gasteiger partial charge in [-0.15, -0.1) is 0 Å². The van der Waals surface area contributed by atoms with Crippen molar-refractivity contribution in [1.29, 1.82) is 0 Å². The molecule has 0 heterocycles. The third-order valence-corrected chi connectivity index (χ3v) is 2.59. The molecule has 0 fully saturated rings. The molecule has 0 aliphatic heterocycles. The van der Waals surface area contributed by atoms with Gasteiger partial charge in [0, 0.05) is 6.54 Å². The summed E-state index contributed by atoms with van der Waals surface area (Å²) in [5, 5.41) is 3.20. The molecule has 1 rings (SSSR count). The summed E-state index contributed by atoms with van der Waals surface area (Å²) in [6, 6.07) is 8.14. The predicted molar refractivity (Wildman–Crippen MR) is 69.7 cm³/mol. The average Bonchev–Trinajstić information content (AvgIpc) is 2.29. The Morgan fingerprint density at radius 1 is 1.31 bits per heavy atom. The maximum Gasteiger partial charge on any atom is 0.118 e. The molecule has 1 N–H and O–H groups in total. The third kappa shape index (κ3) is 3.70. The zero-order valence-electron chi connectivity index (χ0n) is 10.6. The van der Waals surface area contributed by atoms with E-state index in [-0.39, 0.29) is 0 Å². The first-order valence-electron chi connectivity index (χ1n) is 5.66. The van der Waals surface area contributed by atoms with E-state index in [2.05, 4.69) is 37.4 Å². The summed E-state index contributed by atoms with van der Waals surface area (Å²) in [6.07, 6.45) is 2.24. The van der Waals surface area contributed by atoms with Gasteiger partial charge in [-0.2, -0.15) is 0 Å². The first kappa shape index (κ1) is 12.8. The van der Waals surface area contributed by atoms with Gasteiger partial charge < -0.3 is 10.1 Å². The first-order valence-corrected chi connectivity index (χ1v) is 5.66. The predicted octanol–water partition coefficient (Wildman–Crippen LogP) is 2.95. The van der Waals surface area contributed by atoms with Crippen molar-refractivity contribution in [2.24, 2.45) is 5.92 Å². The molecular weight excluding hydrogens is 198 g/mol. The van der Waals surface area contributed by atoms with Gasteiger partial charge in [-0.05, 0) is 30.7 Å². The smallest absolute Gasteiger partial charge is 0.118 e. The van der Waals surface area contributed by atoms with Crippen LogP contribution in [0.25, 0.3) is 6.08 Å². The van der Waals surface area contributed by atoms with E-state index in [0.29, 0.717) is 5.92 Å². The second-order valence-electron chi connectivity index (χ2n) is 4.18. The molecule has 0 spiro atoms. The molecule has 0 saturated heterocycles. The molecule has 1 aromatic carbocycles. The van der Waals surface area contributed by atoms with Crippen molar-refractivity contribution >= 4 is 6.08 Å². The van der Waals surface area contributed by atoms with Gasteiger partial charge in [0.2, 0.25) is 0 Å². The molecule has 16 heavy (non-hydrogen) atoms. The van der Waals surface area contributed by atoms with Crippen molar-refractivity contribution in [1.82, 2.24) is 5.32 Å².